The average Bonchev–Trinajstić information content (AvgIpc) is 2.39. The first-order chi connectivity index (χ1) is 11.4. The highest BCUT2D eigenvalue weighted by molar-refractivity contribution is 7.77. The molecule has 0 fully saturated rings. The van der Waals surface area contributed by atoms with Gasteiger partial charge in [-0.05, 0) is 34.6 Å². The Morgan fingerprint density at radius 2 is 1.23 bits per heavy atom. The molecule has 148 valence electrons. The maximum absolute atomic E-state index is 11.6. The molecule has 0 aliphatic rings. The summed E-state index contributed by atoms with van der Waals surface area (Å²) in [6, 6.07) is 3.28. The van der Waals surface area contributed by atoms with Gasteiger partial charge in [-0.25, -0.2) is 0 Å². The van der Waals surface area contributed by atoms with Gasteiger partial charge >= 0.3 is 15.2 Å². The van der Waals surface area contributed by atoms with Gasteiger partial charge in [0, 0.05) is 11.1 Å². The Morgan fingerprint density at radius 1 is 0.885 bits per heavy atom. The zero-order chi connectivity index (χ0) is 20.7. The Balaban J connectivity index is 3.93. The minimum absolute atomic E-state index is 0.294. The van der Waals surface area contributed by atoms with Gasteiger partial charge in [-0.15, -0.1) is 0 Å². The molecule has 0 aliphatic heterocycles. The quantitative estimate of drug-likeness (QED) is 0.558. The van der Waals surface area contributed by atoms with Crippen molar-refractivity contribution in [1.29, 1.82) is 0 Å². The highest BCUT2D eigenvalue weighted by Crippen LogP contribution is 2.64. The summed E-state index contributed by atoms with van der Waals surface area (Å²) < 4.78 is 28.8. The summed E-state index contributed by atoms with van der Waals surface area (Å²) >= 11 is 0. The minimum atomic E-state index is -5.13. The highest BCUT2D eigenvalue weighted by atomic mass is 31.2. The number of rotatable bonds is 4. The van der Waals surface area contributed by atoms with E-state index in [1.807, 2.05) is 41.5 Å². The van der Waals surface area contributed by atoms with Crippen molar-refractivity contribution >= 4 is 21.3 Å². The van der Waals surface area contributed by atoms with E-state index in [1.54, 1.807) is 19.2 Å². The number of hydrogen-bond donors (Lipinski definition) is 4. The lowest BCUT2D eigenvalue weighted by molar-refractivity contribution is 0.368. The second-order valence-electron chi connectivity index (χ2n) is 8.24. The van der Waals surface area contributed by atoms with Crippen molar-refractivity contribution in [3.8, 4) is 5.75 Å². The van der Waals surface area contributed by atoms with Crippen LogP contribution in [0.25, 0.3) is 6.08 Å². The molecule has 9 heteroatoms. The van der Waals surface area contributed by atoms with Crippen molar-refractivity contribution < 1.29 is 33.4 Å². The standard InChI is InChI=1S/C17H28O7P2/c1-16(2,3)12-8-11(9-13(15(12)24-7)17(4,5)6)10-14(25(18,19)20)26(21,22)23/h8-10H,1-7H3,(H2,18,19,20)(H2,21,22,23). The van der Waals surface area contributed by atoms with Gasteiger partial charge in [0.05, 0.1) is 7.11 Å². The molecule has 0 unspecified atom stereocenters. The van der Waals surface area contributed by atoms with Gasteiger partial charge in [0.1, 0.15) is 5.75 Å². The molecule has 1 aromatic carbocycles. The average molecular weight is 406 g/mol. The molecular formula is C17H28O7P2. The van der Waals surface area contributed by atoms with E-state index in [9.17, 15) is 28.7 Å². The van der Waals surface area contributed by atoms with Crippen molar-refractivity contribution in [3.05, 3.63) is 33.9 Å². The molecule has 0 spiro atoms. The Morgan fingerprint density at radius 3 is 1.46 bits per heavy atom. The topological polar surface area (TPSA) is 124 Å². The Kier molecular flexibility index (Phi) is 6.43. The number of benzene rings is 1. The van der Waals surface area contributed by atoms with Gasteiger partial charge in [-0.1, -0.05) is 41.5 Å². The van der Waals surface area contributed by atoms with E-state index < -0.39 is 20.2 Å². The minimum Gasteiger partial charge on any atom is -0.496 e. The maximum atomic E-state index is 11.6. The van der Waals surface area contributed by atoms with Crippen LogP contribution in [0.15, 0.2) is 17.2 Å². The normalized spacial score (nSPS) is 13.5. The van der Waals surface area contributed by atoms with Gasteiger partial charge in [0.25, 0.3) is 0 Å². The van der Waals surface area contributed by atoms with Crippen molar-refractivity contribution in [2.45, 2.75) is 52.4 Å². The van der Waals surface area contributed by atoms with E-state index in [0.29, 0.717) is 11.3 Å². The smallest absolute Gasteiger partial charge is 0.364 e. The monoisotopic (exact) mass is 406 g/mol. The number of ether oxygens (including phenoxy) is 1. The van der Waals surface area contributed by atoms with Gasteiger partial charge in [-0.2, -0.15) is 0 Å². The van der Waals surface area contributed by atoms with Crippen LogP contribution in [0.4, 0.5) is 0 Å². The summed E-state index contributed by atoms with van der Waals surface area (Å²) in [6.07, 6.45) is 0.880. The summed E-state index contributed by atoms with van der Waals surface area (Å²) in [4.78, 5) is 37.4. The molecule has 1 aromatic rings. The number of hydrogen-bond acceptors (Lipinski definition) is 3. The first-order valence-corrected chi connectivity index (χ1v) is 11.2. The lowest BCUT2D eigenvalue weighted by Gasteiger charge is -2.29. The van der Waals surface area contributed by atoms with Crippen LogP contribution in [0.5, 0.6) is 5.75 Å². The SMILES string of the molecule is COc1c(C(C)(C)C)cc(C=C(P(=O)(O)O)P(=O)(O)O)cc1C(C)(C)C. The van der Waals surface area contributed by atoms with E-state index in [-0.39, 0.29) is 10.8 Å². The van der Waals surface area contributed by atoms with Crippen molar-refractivity contribution in [2.75, 3.05) is 7.11 Å². The van der Waals surface area contributed by atoms with E-state index in [2.05, 4.69) is 0 Å². The van der Waals surface area contributed by atoms with Crippen LogP contribution in [0.1, 0.15) is 58.2 Å². The summed E-state index contributed by atoms with van der Waals surface area (Å²) in [5.41, 5.74) is 1.12. The van der Waals surface area contributed by atoms with Gasteiger partial charge in [0.15, 0.2) is 5.06 Å². The molecule has 26 heavy (non-hydrogen) atoms. The third kappa shape index (κ3) is 5.53. The second-order valence-corrected chi connectivity index (χ2v) is 11.7. The van der Waals surface area contributed by atoms with Gasteiger partial charge < -0.3 is 24.3 Å². The molecule has 0 saturated carbocycles. The molecule has 0 heterocycles. The molecular weight excluding hydrogens is 378 g/mol. The predicted octanol–water partition coefficient (Wildman–Crippen LogP) is 3.94. The van der Waals surface area contributed by atoms with Crippen LogP contribution in [-0.2, 0) is 20.0 Å². The third-order valence-electron chi connectivity index (χ3n) is 3.82. The molecule has 0 atom stereocenters. The molecule has 0 aliphatic carbocycles. The van der Waals surface area contributed by atoms with E-state index in [4.69, 9.17) is 4.74 Å². The third-order valence-corrected chi connectivity index (χ3v) is 6.84. The van der Waals surface area contributed by atoms with E-state index >= 15 is 0 Å². The fraction of sp³-hybridized carbons (Fsp3) is 0.529. The Hall–Kier alpha value is -0.940. The molecule has 7 nitrogen and oxygen atoms in total. The van der Waals surface area contributed by atoms with Crippen LogP contribution in [0, 0.1) is 0 Å². The highest BCUT2D eigenvalue weighted by Gasteiger charge is 2.36. The zero-order valence-corrected chi connectivity index (χ0v) is 17.9. The lowest BCUT2D eigenvalue weighted by atomic mass is 9.78. The molecule has 4 N–H and O–H groups in total. The molecule has 0 bridgehead atoms. The maximum Gasteiger partial charge on any atom is 0.364 e. The summed E-state index contributed by atoms with van der Waals surface area (Å²) in [5.74, 6) is 0.649. The van der Waals surface area contributed by atoms with E-state index in [1.165, 1.54) is 0 Å². The molecule has 0 radical (unpaired) electrons. The predicted molar refractivity (Wildman–Crippen MR) is 102 cm³/mol. The fourth-order valence-electron chi connectivity index (χ4n) is 2.56. The van der Waals surface area contributed by atoms with Crippen molar-refractivity contribution in [2.24, 2.45) is 0 Å². The van der Waals surface area contributed by atoms with E-state index in [0.717, 1.165) is 17.2 Å². The molecule has 0 aromatic heterocycles. The van der Waals surface area contributed by atoms with Crippen molar-refractivity contribution in [1.82, 2.24) is 0 Å². The first-order valence-electron chi connectivity index (χ1n) is 7.96. The first kappa shape index (κ1) is 23.1. The van der Waals surface area contributed by atoms with Crippen LogP contribution < -0.4 is 4.74 Å². The molecule has 0 amide bonds. The van der Waals surface area contributed by atoms with Crippen molar-refractivity contribution in [3.63, 3.8) is 0 Å². The molecule has 1 rings (SSSR count). The molecule has 0 saturated heterocycles. The summed E-state index contributed by atoms with van der Waals surface area (Å²) in [6.45, 7) is 11.7. The van der Waals surface area contributed by atoms with Crippen LogP contribution >= 0.6 is 15.2 Å². The second kappa shape index (κ2) is 7.23. The van der Waals surface area contributed by atoms with Crippen LogP contribution in [-0.4, -0.2) is 26.7 Å². The summed E-state index contributed by atoms with van der Waals surface area (Å²) in [7, 11) is -8.71. The largest absolute Gasteiger partial charge is 0.496 e. The lowest BCUT2D eigenvalue weighted by Crippen LogP contribution is -2.19. The number of methoxy groups -OCH3 is 1. The zero-order valence-electron chi connectivity index (χ0n) is 16.1. The Bertz CT molecular complexity index is 742. The van der Waals surface area contributed by atoms with Crippen LogP contribution in [0.3, 0.4) is 0 Å². The summed E-state index contributed by atoms with van der Waals surface area (Å²) in [5, 5.41) is -1.20. The van der Waals surface area contributed by atoms with Gasteiger partial charge in [0.2, 0.25) is 0 Å². The van der Waals surface area contributed by atoms with Crippen LogP contribution in [0.2, 0.25) is 0 Å². The van der Waals surface area contributed by atoms with Gasteiger partial charge in [-0.3, -0.25) is 9.13 Å². The Labute approximate surface area is 154 Å². The fourth-order valence-corrected chi connectivity index (χ4v) is 4.55.